The molecule has 0 saturated heterocycles. The third kappa shape index (κ3) is 1.67. The van der Waals surface area contributed by atoms with E-state index in [0.717, 1.165) is 25.3 Å². The van der Waals surface area contributed by atoms with E-state index < -0.39 is 0 Å². The summed E-state index contributed by atoms with van der Waals surface area (Å²) in [7, 11) is 0. The number of nitrogens with zero attached hydrogens (tertiary/aromatic N) is 2. The van der Waals surface area contributed by atoms with Crippen molar-refractivity contribution in [1.29, 1.82) is 0 Å². The highest BCUT2D eigenvalue weighted by Crippen LogP contribution is 2.08. The van der Waals surface area contributed by atoms with Crippen LogP contribution in [-0.4, -0.2) is 16.1 Å². The van der Waals surface area contributed by atoms with E-state index in [9.17, 15) is 0 Å². The van der Waals surface area contributed by atoms with Crippen molar-refractivity contribution in [3.05, 3.63) is 17.7 Å². The van der Waals surface area contributed by atoms with Crippen LogP contribution in [0, 0.1) is 6.92 Å². The van der Waals surface area contributed by atoms with Gasteiger partial charge in [0.1, 0.15) is 0 Å². The van der Waals surface area contributed by atoms with Gasteiger partial charge in [0.2, 0.25) is 0 Å². The van der Waals surface area contributed by atoms with Crippen LogP contribution in [0.3, 0.4) is 0 Å². The van der Waals surface area contributed by atoms with Crippen LogP contribution < -0.4 is 5.32 Å². The van der Waals surface area contributed by atoms with Crippen molar-refractivity contribution in [3.8, 4) is 0 Å². The molecule has 0 aliphatic carbocycles. The van der Waals surface area contributed by atoms with Gasteiger partial charge in [0, 0.05) is 19.6 Å². The summed E-state index contributed by atoms with van der Waals surface area (Å²) in [6.45, 7) is 9.17. The first-order valence-electron chi connectivity index (χ1n) is 4.59. The van der Waals surface area contributed by atoms with Gasteiger partial charge in [0.15, 0.2) is 0 Å². The van der Waals surface area contributed by atoms with Crippen LogP contribution in [0.4, 0.5) is 0 Å². The number of hydrogen-bond donors (Lipinski definition) is 1. The Labute approximate surface area is 73.8 Å². The second-order valence-corrected chi connectivity index (χ2v) is 2.65. The Kier molecular flexibility index (Phi) is 3.29. The molecule has 0 unspecified atom stereocenters. The summed E-state index contributed by atoms with van der Waals surface area (Å²) in [5, 5.41) is 3.31. The van der Waals surface area contributed by atoms with E-state index in [0.29, 0.717) is 0 Å². The summed E-state index contributed by atoms with van der Waals surface area (Å²) in [5.74, 6) is 0. The molecule has 0 spiro atoms. The summed E-state index contributed by atoms with van der Waals surface area (Å²) < 4.78 is 2.21. The van der Waals surface area contributed by atoms with Crippen molar-refractivity contribution < 1.29 is 0 Å². The monoisotopic (exact) mass is 167 g/mol. The Morgan fingerprint density at radius 3 is 2.92 bits per heavy atom. The summed E-state index contributed by atoms with van der Waals surface area (Å²) in [5.41, 5.74) is 2.50. The van der Waals surface area contributed by atoms with E-state index in [-0.39, 0.29) is 0 Å². The van der Waals surface area contributed by atoms with Gasteiger partial charge in [-0.15, -0.1) is 0 Å². The van der Waals surface area contributed by atoms with Crippen molar-refractivity contribution in [3.63, 3.8) is 0 Å². The van der Waals surface area contributed by atoms with Crippen molar-refractivity contribution >= 4 is 0 Å². The Morgan fingerprint density at radius 1 is 1.50 bits per heavy atom. The van der Waals surface area contributed by atoms with Crippen molar-refractivity contribution in [1.82, 2.24) is 14.9 Å². The molecule has 1 aromatic heterocycles. The number of hydrogen-bond acceptors (Lipinski definition) is 2. The molecule has 0 saturated carbocycles. The molecule has 1 N–H and O–H groups in total. The van der Waals surface area contributed by atoms with Gasteiger partial charge in [-0.25, -0.2) is 4.98 Å². The lowest BCUT2D eigenvalue weighted by Gasteiger charge is -2.15. The first kappa shape index (κ1) is 9.26. The SMILES string of the molecule is CC.Cc1ncn2c1CNCC2. The van der Waals surface area contributed by atoms with Crippen LogP contribution in [-0.2, 0) is 13.1 Å². The summed E-state index contributed by atoms with van der Waals surface area (Å²) in [6, 6.07) is 0. The third-order valence-corrected chi connectivity index (χ3v) is 1.98. The fourth-order valence-corrected chi connectivity index (χ4v) is 1.34. The fraction of sp³-hybridized carbons (Fsp3) is 0.667. The molecule has 2 rings (SSSR count). The summed E-state index contributed by atoms with van der Waals surface area (Å²) in [4.78, 5) is 4.22. The summed E-state index contributed by atoms with van der Waals surface area (Å²) in [6.07, 6.45) is 1.92. The number of nitrogens with one attached hydrogen (secondary N) is 1. The number of imidazole rings is 1. The number of fused-ring (bicyclic) bond motifs is 1. The molecule has 0 fully saturated rings. The van der Waals surface area contributed by atoms with E-state index in [2.05, 4.69) is 21.8 Å². The predicted molar refractivity (Wildman–Crippen MR) is 50.0 cm³/mol. The molecular formula is C9H17N3. The highest BCUT2D eigenvalue weighted by atomic mass is 15.1. The molecule has 2 heterocycles. The first-order valence-corrected chi connectivity index (χ1v) is 4.59. The Morgan fingerprint density at radius 2 is 2.25 bits per heavy atom. The molecule has 1 aliphatic heterocycles. The lowest BCUT2D eigenvalue weighted by molar-refractivity contribution is 0.514. The van der Waals surface area contributed by atoms with Gasteiger partial charge in [0.25, 0.3) is 0 Å². The second kappa shape index (κ2) is 4.26. The first-order chi connectivity index (χ1) is 5.88. The molecule has 68 valence electrons. The minimum Gasteiger partial charge on any atom is -0.332 e. The molecule has 0 radical (unpaired) electrons. The van der Waals surface area contributed by atoms with Gasteiger partial charge in [-0.05, 0) is 6.92 Å². The normalized spacial score (nSPS) is 14.6. The van der Waals surface area contributed by atoms with E-state index in [1.165, 1.54) is 5.69 Å². The van der Waals surface area contributed by atoms with Gasteiger partial charge < -0.3 is 9.88 Å². The fourth-order valence-electron chi connectivity index (χ4n) is 1.34. The zero-order valence-electron chi connectivity index (χ0n) is 8.09. The van der Waals surface area contributed by atoms with Gasteiger partial charge in [-0.1, -0.05) is 13.8 Å². The molecule has 1 aromatic rings. The molecule has 0 bridgehead atoms. The molecule has 1 aliphatic rings. The minimum atomic E-state index is 0.978. The van der Waals surface area contributed by atoms with Crippen molar-refractivity contribution in [2.45, 2.75) is 33.9 Å². The van der Waals surface area contributed by atoms with Crippen LogP contribution in [0.5, 0.6) is 0 Å². The Bertz CT molecular complexity index is 240. The van der Waals surface area contributed by atoms with Crippen LogP contribution in [0.1, 0.15) is 25.2 Å². The third-order valence-electron chi connectivity index (χ3n) is 1.98. The molecule has 0 aromatic carbocycles. The maximum Gasteiger partial charge on any atom is 0.0952 e. The van der Waals surface area contributed by atoms with E-state index in [1.807, 2.05) is 20.2 Å². The highest BCUT2D eigenvalue weighted by Gasteiger charge is 2.09. The molecule has 0 amide bonds. The van der Waals surface area contributed by atoms with Crippen LogP contribution in [0.2, 0.25) is 0 Å². The van der Waals surface area contributed by atoms with E-state index >= 15 is 0 Å². The van der Waals surface area contributed by atoms with E-state index in [1.54, 1.807) is 0 Å². The van der Waals surface area contributed by atoms with Crippen LogP contribution in [0.25, 0.3) is 0 Å². The lowest BCUT2D eigenvalue weighted by atomic mass is 10.3. The van der Waals surface area contributed by atoms with Crippen LogP contribution >= 0.6 is 0 Å². The number of rotatable bonds is 0. The zero-order chi connectivity index (χ0) is 8.97. The summed E-state index contributed by atoms with van der Waals surface area (Å²) >= 11 is 0. The quantitative estimate of drug-likeness (QED) is 0.631. The Hall–Kier alpha value is -0.830. The number of aromatic nitrogens is 2. The van der Waals surface area contributed by atoms with Gasteiger partial charge in [-0.3, -0.25) is 0 Å². The van der Waals surface area contributed by atoms with Crippen molar-refractivity contribution in [2.75, 3.05) is 6.54 Å². The maximum absolute atomic E-state index is 4.22. The molecule has 3 heteroatoms. The largest absolute Gasteiger partial charge is 0.332 e. The van der Waals surface area contributed by atoms with Gasteiger partial charge in [0.05, 0.1) is 17.7 Å². The topological polar surface area (TPSA) is 29.9 Å². The molecule has 3 nitrogen and oxygen atoms in total. The smallest absolute Gasteiger partial charge is 0.0952 e. The zero-order valence-corrected chi connectivity index (χ0v) is 8.09. The van der Waals surface area contributed by atoms with Crippen molar-refractivity contribution in [2.24, 2.45) is 0 Å². The second-order valence-electron chi connectivity index (χ2n) is 2.65. The van der Waals surface area contributed by atoms with E-state index in [4.69, 9.17) is 0 Å². The number of aryl methyl sites for hydroxylation is 1. The predicted octanol–water partition coefficient (Wildman–Crippen LogP) is 1.32. The molecular weight excluding hydrogens is 150 g/mol. The Balaban J connectivity index is 0.000000336. The maximum atomic E-state index is 4.22. The highest BCUT2D eigenvalue weighted by molar-refractivity contribution is 5.12. The van der Waals surface area contributed by atoms with Gasteiger partial charge in [-0.2, -0.15) is 0 Å². The minimum absolute atomic E-state index is 0.978. The lowest BCUT2D eigenvalue weighted by Crippen LogP contribution is -2.27. The average Bonchev–Trinajstić information content (AvgIpc) is 2.53. The standard InChI is InChI=1S/C7H11N3.C2H6/c1-6-7-4-8-2-3-10(7)5-9-6;1-2/h5,8H,2-4H2,1H3;1-2H3. The van der Waals surface area contributed by atoms with Crippen LogP contribution in [0.15, 0.2) is 6.33 Å². The average molecular weight is 167 g/mol. The molecule has 0 atom stereocenters. The van der Waals surface area contributed by atoms with Gasteiger partial charge >= 0.3 is 0 Å². The molecule has 12 heavy (non-hydrogen) atoms.